The zero-order valence-corrected chi connectivity index (χ0v) is 15.0. The number of hydrogen-bond donors (Lipinski definition) is 0. The number of ether oxygens (including phenoxy) is 1. The summed E-state index contributed by atoms with van der Waals surface area (Å²) >= 11 is 8.30. The topological polar surface area (TPSA) is 43.4 Å². The van der Waals surface area contributed by atoms with Crippen molar-refractivity contribution in [2.45, 2.75) is 11.3 Å². The van der Waals surface area contributed by atoms with Gasteiger partial charge in [0.15, 0.2) is 0 Å². The van der Waals surface area contributed by atoms with Crippen LogP contribution in [0, 0.1) is 0 Å². The van der Waals surface area contributed by atoms with Gasteiger partial charge in [0.05, 0.1) is 20.4 Å². The van der Waals surface area contributed by atoms with E-state index >= 15 is 0 Å². The van der Waals surface area contributed by atoms with E-state index in [1.165, 1.54) is 12.1 Å². The molecule has 0 fully saturated rings. The summed E-state index contributed by atoms with van der Waals surface area (Å²) in [5, 5.41) is 0. The second kappa shape index (κ2) is 7.38. The Morgan fingerprint density at radius 1 is 1.33 bits per heavy atom. The molecule has 1 aromatic carbocycles. The third kappa shape index (κ3) is 4.92. The van der Waals surface area contributed by atoms with Crippen LogP contribution in [-0.2, 0) is 9.05 Å². The Balaban J connectivity index is 2.88. The molecule has 0 bridgehead atoms. The number of halogens is 3. The molecule has 0 radical (unpaired) electrons. The molecule has 0 aliphatic rings. The molecule has 0 saturated carbocycles. The highest BCUT2D eigenvalue weighted by Gasteiger charge is 2.16. The zero-order chi connectivity index (χ0) is 13.8. The molecule has 8 heteroatoms. The second-order valence-corrected chi connectivity index (χ2v) is 8.61. The molecular weight excluding hydrogens is 428 g/mol. The van der Waals surface area contributed by atoms with Crippen LogP contribution < -0.4 is 4.74 Å². The predicted molar refractivity (Wildman–Crippen MR) is 83.4 cm³/mol. The Hall–Kier alpha value is 0.570. The molecule has 0 spiro atoms. The van der Waals surface area contributed by atoms with E-state index in [4.69, 9.17) is 15.4 Å². The average Bonchev–Trinajstić information content (AvgIpc) is 2.25. The van der Waals surface area contributed by atoms with Crippen LogP contribution in [0.5, 0.6) is 5.75 Å². The smallest absolute Gasteiger partial charge is 0.261 e. The fraction of sp³-hybridized carbons (Fsp3) is 0.400. The standard InChI is InChI=1S/C10H11Br2ClO3S2/c1-17-4-2-3-16-10-8(11)5-7(6-9(10)12)18(13,14)15/h5-6H,2-4H2,1H3. The van der Waals surface area contributed by atoms with Gasteiger partial charge in [-0.1, -0.05) is 0 Å². The van der Waals surface area contributed by atoms with Gasteiger partial charge in [0.1, 0.15) is 5.75 Å². The van der Waals surface area contributed by atoms with E-state index in [1.807, 2.05) is 6.26 Å². The molecule has 0 saturated heterocycles. The average molecular weight is 439 g/mol. The van der Waals surface area contributed by atoms with Crippen LogP contribution in [0.3, 0.4) is 0 Å². The first kappa shape index (κ1) is 16.6. The van der Waals surface area contributed by atoms with Gasteiger partial charge in [-0.15, -0.1) is 0 Å². The molecule has 18 heavy (non-hydrogen) atoms. The van der Waals surface area contributed by atoms with Crippen molar-refractivity contribution >= 4 is 63.4 Å². The van der Waals surface area contributed by atoms with Crippen molar-refractivity contribution in [3.63, 3.8) is 0 Å². The van der Waals surface area contributed by atoms with Gasteiger partial charge >= 0.3 is 0 Å². The fourth-order valence-electron chi connectivity index (χ4n) is 1.19. The normalized spacial score (nSPS) is 11.6. The number of rotatable bonds is 6. The molecule has 0 N–H and O–H groups in total. The van der Waals surface area contributed by atoms with Crippen LogP contribution >= 0.6 is 54.3 Å². The van der Waals surface area contributed by atoms with Crippen molar-refractivity contribution in [2.24, 2.45) is 0 Å². The molecule has 0 aliphatic carbocycles. The molecule has 1 aromatic rings. The summed E-state index contributed by atoms with van der Waals surface area (Å²) in [4.78, 5) is 0.0272. The molecule has 0 atom stereocenters. The Bertz CT molecular complexity index is 497. The second-order valence-electron chi connectivity index (χ2n) is 3.35. The summed E-state index contributed by atoms with van der Waals surface area (Å²) in [6.45, 7) is 0.574. The van der Waals surface area contributed by atoms with E-state index in [-0.39, 0.29) is 4.90 Å². The van der Waals surface area contributed by atoms with Gasteiger partial charge in [0.2, 0.25) is 0 Å². The highest BCUT2D eigenvalue weighted by Crippen LogP contribution is 2.36. The minimum absolute atomic E-state index is 0.0272. The molecular formula is C10H11Br2ClO3S2. The molecule has 0 unspecified atom stereocenters. The van der Waals surface area contributed by atoms with Crippen molar-refractivity contribution in [2.75, 3.05) is 18.6 Å². The van der Waals surface area contributed by atoms with E-state index in [9.17, 15) is 8.42 Å². The highest BCUT2D eigenvalue weighted by molar-refractivity contribution is 9.11. The largest absolute Gasteiger partial charge is 0.491 e. The minimum Gasteiger partial charge on any atom is -0.491 e. The lowest BCUT2D eigenvalue weighted by atomic mass is 10.3. The lowest BCUT2D eigenvalue weighted by Gasteiger charge is -2.11. The molecule has 0 aromatic heterocycles. The number of hydrogen-bond acceptors (Lipinski definition) is 4. The Morgan fingerprint density at radius 2 is 1.89 bits per heavy atom. The van der Waals surface area contributed by atoms with Crippen molar-refractivity contribution in [3.05, 3.63) is 21.1 Å². The molecule has 1 rings (SSSR count). The third-order valence-electron chi connectivity index (χ3n) is 1.99. The van der Waals surface area contributed by atoms with Crippen molar-refractivity contribution in [3.8, 4) is 5.75 Å². The lowest BCUT2D eigenvalue weighted by molar-refractivity contribution is 0.314. The maximum atomic E-state index is 11.2. The molecule has 0 aliphatic heterocycles. The van der Waals surface area contributed by atoms with Crippen LogP contribution in [0.25, 0.3) is 0 Å². The molecule has 3 nitrogen and oxygen atoms in total. The number of benzene rings is 1. The summed E-state index contributed by atoms with van der Waals surface area (Å²) in [6.07, 6.45) is 2.96. The Kier molecular flexibility index (Phi) is 6.81. The van der Waals surface area contributed by atoms with Crippen molar-refractivity contribution < 1.29 is 13.2 Å². The summed E-state index contributed by atoms with van der Waals surface area (Å²) in [6, 6.07) is 2.86. The molecule has 0 heterocycles. The Labute approximate surface area is 132 Å². The van der Waals surface area contributed by atoms with Crippen LogP contribution in [0.1, 0.15) is 6.42 Å². The van der Waals surface area contributed by atoms with Crippen LogP contribution in [0.2, 0.25) is 0 Å². The summed E-state index contributed by atoms with van der Waals surface area (Å²) in [7, 11) is 1.55. The van der Waals surface area contributed by atoms with Crippen LogP contribution in [0.4, 0.5) is 0 Å². The fourth-order valence-corrected chi connectivity index (χ4v) is 4.10. The molecule has 0 amide bonds. The van der Waals surface area contributed by atoms with Gasteiger partial charge in [-0.05, 0) is 62.4 Å². The summed E-state index contributed by atoms with van der Waals surface area (Å²) in [5.74, 6) is 1.60. The van der Waals surface area contributed by atoms with E-state index in [2.05, 4.69) is 31.9 Å². The van der Waals surface area contributed by atoms with Gasteiger partial charge in [-0.25, -0.2) is 8.42 Å². The van der Waals surface area contributed by atoms with Gasteiger partial charge in [-0.3, -0.25) is 0 Å². The Morgan fingerprint density at radius 3 is 2.33 bits per heavy atom. The van der Waals surface area contributed by atoms with Crippen LogP contribution in [-0.4, -0.2) is 27.0 Å². The lowest BCUT2D eigenvalue weighted by Crippen LogP contribution is -2.01. The van der Waals surface area contributed by atoms with Gasteiger partial charge in [-0.2, -0.15) is 11.8 Å². The van der Waals surface area contributed by atoms with E-state index in [0.717, 1.165) is 12.2 Å². The first-order chi connectivity index (χ1) is 8.36. The van der Waals surface area contributed by atoms with Gasteiger partial charge in [0.25, 0.3) is 9.05 Å². The summed E-state index contributed by atoms with van der Waals surface area (Å²) in [5.41, 5.74) is 0. The first-order valence-electron chi connectivity index (χ1n) is 4.91. The number of thioether (sulfide) groups is 1. The van der Waals surface area contributed by atoms with E-state index in [1.54, 1.807) is 11.8 Å². The zero-order valence-electron chi connectivity index (χ0n) is 9.45. The minimum atomic E-state index is -3.74. The summed E-state index contributed by atoms with van der Waals surface area (Å²) < 4.78 is 29.2. The van der Waals surface area contributed by atoms with Gasteiger partial charge < -0.3 is 4.74 Å². The van der Waals surface area contributed by atoms with Crippen LogP contribution in [0.15, 0.2) is 26.0 Å². The maximum absolute atomic E-state index is 11.2. The highest BCUT2D eigenvalue weighted by atomic mass is 79.9. The van der Waals surface area contributed by atoms with Crippen molar-refractivity contribution in [1.29, 1.82) is 0 Å². The SMILES string of the molecule is CSCCCOc1c(Br)cc(S(=O)(=O)Cl)cc1Br. The third-order valence-corrected chi connectivity index (χ3v) is 5.20. The molecule has 102 valence electrons. The van der Waals surface area contributed by atoms with E-state index < -0.39 is 9.05 Å². The monoisotopic (exact) mass is 436 g/mol. The first-order valence-corrected chi connectivity index (χ1v) is 10.2. The van der Waals surface area contributed by atoms with E-state index in [0.29, 0.717) is 21.3 Å². The van der Waals surface area contributed by atoms with Gasteiger partial charge in [0, 0.05) is 10.7 Å². The maximum Gasteiger partial charge on any atom is 0.261 e. The quantitative estimate of drug-likeness (QED) is 0.491. The van der Waals surface area contributed by atoms with Crippen molar-refractivity contribution in [1.82, 2.24) is 0 Å². The predicted octanol–water partition coefficient (Wildman–Crippen LogP) is 4.27.